The Balaban J connectivity index is 1.45. The molecule has 5 heteroatoms. The fourth-order valence-corrected chi connectivity index (χ4v) is 4.13. The zero-order valence-electron chi connectivity index (χ0n) is 14.9. The number of aromatic nitrogens is 1. The van der Waals surface area contributed by atoms with E-state index in [9.17, 15) is 4.79 Å². The number of fused-ring (bicyclic) bond motifs is 1. The molecule has 2 saturated heterocycles. The molecule has 1 N–H and O–H groups in total. The highest BCUT2D eigenvalue weighted by Crippen LogP contribution is 2.30. The average molecular weight is 341 g/mol. The van der Waals surface area contributed by atoms with Crippen LogP contribution in [0.15, 0.2) is 30.3 Å². The number of piperidine rings is 1. The molecule has 2 unspecified atom stereocenters. The summed E-state index contributed by atoms with van der Waals surface area (Å²) in [7, 11) is 0. The number of nitrogens with zero attached hydrogens (tertiary/aromatic N) is 2. The van der Waals surface area contributed by atoms with E-state index < -0.39 is 0 Å². The summed E-state index contributed by atoms with van der Waals surface area (Å²) < 4.78 is 5.37. The Kier molecular flexibility index (Phi) is 4.77. The van der Waals surface area contributed by atoms with Crippen LogP contribution in [0, 0.1) is 0 Å². The molecule has 0 aliphatic carbocycles. The van der Waals surface area contributed by atoms with Gasteiger partial charge in [-0.25, -0.2) is 0 Å². The van der Waals surface area contributed by atoms with E-state index in [-0.39, 0.29) is 11.9 Å². The zero-order valence-corrected chi connectivity index (χ0v) is 14.9. The molecule has 0 bridgehead atoms. The van der Waals surface area contributed by atoms with Crippen molar-refractivity contribution in [3.8, 4) is 0 Å². The summed E-state index contributed by atoms with van der Waals surface area (Å²) >= 11 is 0. The monoisotopic (exact) mass is 341 g/mol. The first-order chi connectivity index (χ1) is 12.2. The van der Waals surface area contributed by atoms with E-state index >= 15 is 0 Å². The molecule has 1 aromatic heterocycles. The number of nitrogens with one attached hydrogen (secondary N) is 1. The van der Waals surface area contributed by atoms with Crippen LogP contribution in [0.1, 0.15) is 31.4 Å². The van der Waals surface area contributed by atoms with E-state index in [2.05, 4.69) is 47.1 Å². The summed E-state index contributed by atoms with van der Waals surface area (Å²) in [6.07, 6.45) is 2.32. The predicted molar refractivity (Wildman–Crippen MR) is 98.7 cm³/mol. The van der Waals surface area contributed by atoms with Crippen molar-refractivity contribution in [2.75, 3.05) is 39.4 Å². The van der Waals surface area contributed by atoms with E-state index in [0.717, 1.165) is 32.6 Å². The zero-order chi connectivity index (χ0) is 17.2. The summed E-state index contributed by atoms with van der Waals surface area (Å²) in [5.74, 6) is 0.724. The first-order valence-corrected chi connectivity index (χ1v) is 9.40. The van der Waals surface area contributed by atoms with Gasteiger partial charge < -0.3 is 14.6 Å². The van der Waals surface area contributed by atoms with Crippen LogP contribution in [0.2, 0.25) is 0 Å². The number of hydrogen-bond donors (Lipinski definition) is 1. The number of morpholine rings is 1. The highest BCUT2D eigenvalue weighted by atomic mass is 16.5. The van der Waals surface area contributed by atoms with E-state index in [1.807, 2.05) is 4.90 Å². The quantitative estimate of drug-likeness (QED) is 0.933. The predicted octanol–water partition coefficient (Wildman–Crippen LogP) is 2.59. The summed E-state index contributed by atoms with van der Waals surface area (Å²) in [6.45, 7) is 6.79. The van der Waals surface area contributed by atoms with Gasteiger partial charge in [0.05, 0.1) is 19.3 Å². The van der Waals surface area contributed by atoms with Crippen LogP contribution in [0.25, 0.3) is 10.9 Å². The van der Waals surface area contributed by atoms with E-state index in [1.165, 1.54) is 23.0 Å². The van der Waals surface area contributed by atoms with Gasteiger partial charge in [0.2, 0.25) is 5.91 Å². The third kappa shape index (κ3) is 3.44. The van der Waals surface area contributed by atoms with E-state index in [0.29, 0.717) is 19.1 Å². The number of hydrogen-bond acceptors (Lipinski definition) is 3. The minimum absolute atomic E-state index is 0.0507. The third-order valence-corrected chi connectivity index (χ3v) is 5.67. The van der Waals surface area contributed by atoms with Gasteiger partial charge in [0.1, 0.15) is 0 Å². The second kappa shape index (κ2) is 7.18. The number of para-hydroxylation sites is 1. The van der Waals surface area contributed by atoms with Crippen LogP contribution < -0.4 is 0 Å². The van der Waals surface area contributed by atoms with Crippen LogP contribution in [0.3, 0.4) is 0 Å². The number of carbonyl (C=O) groups excluding carboxylic acids is 1. The molecule has 1 amide bonds. The molecule has 2 fully saturated rings. The van der Waals surface area contributed by atoms with Gasteiger partial charge in [0.15, 0.2) is 0 Å². The van der Waals surface area contributed by atoms with E-state index in [4.69, 9.17) is 4.74 Å². The van der Waals surface area contributed by atoms with Crippen molar-refractivity contribution >= 4 is 16.8 Å². The van der Waals surface area contributed by atoms with Crippen molar-refractivity contribution in [1.29, 1.82) is 0 Å². The molecule has 1 aromatic carbocycles. The Morgan fingerprint density at radius 1 is 1.24 bits per heavy atom. The molecular formula is C20H27N3O2. The minimum Gasteiger partial charge on any atom is -0.378 e. The highest BCUT2D eigenvalue weighted by Gasteiger charge is 2.31. The minimum atomic E-state index is -0.0507. The Morgan fingerprint density at radius 2 is 2.04 bits per heavy atom. The molecule has 4 rings (SSSR count). The molecule has 134 valence electrons. The van der Waals surface area contributed by atoms with Crippen molar-refractivity contribution in [2.45, 2.75) is 31.7 Å². The van der Waals surface area contributed by atoms with Gasteiger partial charge >= 0.3 is 0 Å². The van der Waals surface area contributed by atoms with Gasteiger partial charge in [0, 0.05) is 36.8 Å². The Bertz CT molecular complexity index is 702. The summed E-state index contributed by atoms with van der Waals surface area (Å²) in [4.78, 5) is 20.7. The maximum atomic E-state index is 12.8. The Labute approximate surface area is 148 Å². The van der Waals surface area contributed by atoms with Crippen molar-refractivity contribution in [1.82, 2.24) is 14.8 Å². The third-order valence-electron chi connectivity index (χ3n) is 5.67. The number of H-pyrrole nitrogens is 1. The number of carbonyl (C=O) groups is 1. The van der Waals surface area contributed by atoms with Crippen LogP contribution in [-0.4, -0.2) is 66.1 Å². The lowest BCUT2D eigenvalue weighted by atomic mass is 9.93. The Hall–Kier alpha value is -1.85. The van der Waals surface area contributed by atoms with Gasteiger partial charge in [-0.15, -0.1) is 0 Å². The van der Waals surface area contributed by atoms with Crippen LogP contribution in [0.4, 0.5) is 0 Å². The fourth-order valence-electron chi connectivity index (χ4n) is 4.13. The first kappa shape index (κ1) is 16.6. The van der Waals surface area contributed by atoms with Crippen LogP contribution in [-0.2, 0) is 9.53 Å². The average Bonchev–Trinajstić information content (AvgIpc) is 3.12. The molecule has 0 spiro atoms. The fraction of sp³-hybridized carbons (Fsp3) is 0.550. The number of ether oxygens (including phenoxy) is 1. The molecule has 3 heterocycles. The first-order valence-electron chi connectivity index (χ1n) is 9.40. The van der Waals surface area contributed by atoms with Gasteiger partial charge in [-0.3, -0.25) is 9.69 Å². The number of likely N-dealkylation sites (tertiary alicyclic amines) is 1. The molecule has 0 radical (unpaired) electrons. The topological polar surface area (TPSA) is 48.6 Å². The summed E-state index contributed by atoms with van der Waals surface area (Å²) in [5, 5.41) is 1.27. The lowest BCUT2D eigenvalue weighted by Gasteiger charge is -2.38. The molecule has 5 nitrogen and oxygen atoms in total. The Morgan fingerprint density at radius 3 is 2.84 bits per heavy atom. The maximum absolute atomic E-state index is 12.8. The lowest BCUT2D eigenvalue weighted by molar-refractivity contribution is -0.141. The SMILES string of the molecule is CC(C(=O)N1CCOCC1)N1CCCC(c2cc3ccccc3[nH]2)C1. The van der Waals surface area contributed by atoms with Gasteiger partial charge in [-0.05, 0) is 43.8 Å². The maximum Gasteiger partial charge on any atom is 0.239 e. The molecule has 0 saturated carbocycles. The molecule has 2 aliphatic heterocycles. The number of benzene rings is 1. The van der Waals surface area contributed by atoms with Crippen molar-refractivity contribution in [3.05, 3.63) is 36.0 Å². The van der Waals surface area contributed by atoms with Crippen molar-refractivity contribution < 1.29 is 9.53 Å². The van der Waals surface area contributed by atoms with Gasteiger partial charge in [-0.2, -0.15) is 0 Å². The largest absolute Gasteiger partial charge is 0.378 e. The van der Waals surface area contributed by atoms with Gasteiger partial charge in [0.25, 0.3) is 0 Å². The van der Waals surface area contributed by atoms with Crippen molar-refractivity contribution in [3.63, 3.8) is 0 Å². The number of aromatic amines is 1. The molecule has 2 aliphatic rings. The molecule has 25 heavy (non-hydrogen) atoms. The highest BCUT2D eigenvalue weighted by molar-refractivity contribution is 5.82. The molecule has 2 aromatic rings. The summed E-state index contributed by atoms with van der Waals surface area (Å²) in [6, 6.07) is 10.7. The standard InChI is InChI=1S/C20H27N3O2/c1-15(20(24)22-9-11-25-12-10-22)23-8-4-6-17(14-23)19-13-16-5-2-3-7-18(16)21-19/h2-3,5,7,13,15,17,21H,4,6,8-12,14H2,1H3. The second-order valence-corrected chi connectivity index (χ2v) is 7.26. The van der Waals surface area contributed by atoms with Gasteiger partial charge in [-0.1, -0.05) is 18.2 Å². The molecular weight excluding hydrogens is 314 g/mol. The smallest absolute Gasteiger partial charge is 0.239 e. The second-order valence-electron chi connectivity index (χ2n) is 7.26. The van der Waals surface area contributed by atoms with Crippen molar-refractivity contribution in [2.24, 2.45) is 0 Å². The number of rotatable bonds is 3. The molecule has 2 atom stereocenters. The van der Waals surface area contributed by atoms with Crippen LogP contribution >= 0.6 is 0 Å². The van der Waals surface area contributed by atoms with Crippen LogP contribution in [0.5, 0.6) is 0 Å². The van der Waals surface area contributed by atoms with E-state index in [1.54, 1.807) is 0 Å². The lowest BCUT2D eigenvalue weighted by Crippen LogP contribution is -2.52. The summed E-state index contributed by atoms with van der Waals surface area (Å²) in [5.41, 5.74) is 2.50. The number of amides is 1. The normalized spacial score (nSPS) is 23.7.